The first-order valence-electron chi connectivity index (χ1n) is 14.8. The highest BCUT2D eigenvalue weighted by Crippen LogP contribution is 2.72. The lowest BCUT2D eigenvalue weighted by molar-refractivity contribution is -0.228. The number of esters is 1. The number of hydrogen-bond acceptors (Lipinski definition) is 6. The Balaban J connectivity index is 1.51. The van der Waals surface area contributed by atoms with Crippen molar-refractivity contribution in [3.8, 4) is 0 Å². The van der Waals surface area contributed by atoms with Crippen molar-refractivity contribution in [1.29, 1.82) is 0 Å². The molecule has 5 rings (SSSR count). The third-order valence-corrected chi connectivity index (χ3v) is 12.4. The number of aliphatic hydroxyl groups excluding tert-OH is 1. The first-order chi connectivity index (χ1) is 18.8. The van der Waals surface area contributed by atoms with Gasteiger partial charge in [0.25, 0.3) is 0 Å². The Morgan fingerprint density at radius 1 is 1.18 bits per heavy atom. The van der Waals surface area contributed by atoms with Crippen molar-refractivity contribution in [2.24, 2.45) is 34.5 Å². The van der Waals surface area contributed by atoms with Gasteiger partial charge in [0.1, 0.15) is 6.17 Å². The smallest absolute Gasteiger partial charge is 0.306 e. The summed E-state index contributed by atoms with van der Waals surface area (Å²) >= 11 is 6.86. The molecule has 0 aliphatic heterocycles. The SMILES string of the molecule is C[C@@H]1C[C@H]2[C@@H]3C[C@H](F)C4=CC(=O)C=C[C@]4(C)[C@@]3(F)C(O)C[C@]2(C)[C@@]1(OC(=O)CCC1CCCCC1)C(=O)SCCl. The van der Waals surface area contributed by atoms with Crippen molar-refractivity contribution in [2.75, 3.05) is 5.21 Å². The fourth-order valence-corrected chi connectivity index (χ4v) is 10.5. The zero-order chi connectivity index (χ0) is 29.1. The van der Waals surface area contributed by atoms with Crippen LogP contribution in [0.3, 0.4) is 0 Å². The Morgan fingerprint density at radius 2 is 1.88 bits per heavy atom. The van der Waals surface area contributed by atoms with Gasteiger partial charge in [-0.1, -0.05) is 63.8 Å². The van der Waals surface area contributed by atoms with Crippen LogP contribution in [0, 0.1) is 34.5 Å². The number of carbonyl (C=O) groups excluding carboxylic acids is 3. The minimum atomic E-state index is -2.26. The molecule has 1 unspecified atom stereocenters. The predicted molar refractivity (Wildman–Crippen MR) is 151 cm³/mol. The van der Waals surface area contributed by atoms with E-state index >= 15 is 8.78 Å². The number of allylic oxidation sites excluding steroid dienone is 4. The lowest BCUT2D eigenvalue weighted by Crippen LogP contribution is -2.70. The molecule has 5 nitrogen and oxygen atoms in total. The molecule has 0 heterocycles. The standard InChI is InChI=1S/C31H41ClF2O5S/c1-18-13-21-22-15-24(33)23-14-20(35)11-12-28(23,2)30(22,34)25(36)16-29(21,3)31(18,27(38)40-17-32)39-26(37)10-9-19-7-5-4-6-8-19/h11-12,14,18-19,21-22,24-25,36H,4-10,13,15-17H2,1-3H3/t18-,21+,22+,24+,25?,28+,29+,30+,31+/m1/s1. The quantitative estimate of drug-likeness (QED) is 0.272. The van der Waals surface area contributed by atoms with Crippen LogP contribution in [0.25, 0.3) is 0 Å². The molecular weight excluding hydrogens is 558 g/mol. The van der Waals surface area contributed by atoms with Crippen molar-refractivity contribution < 1.29 is 33.0 Å². The summed E-state index contributed by atoms with van der Waals surface area (Å²) in [6, 6.07) is 0. The Morgan fingerprint density at radius 3 is 2.55 bits per heavy atom. The summed E-state index contributed by atoms with van der Waals surface area (Å²) in [5.74, 6) is -2.37. The number of ketones is 1. The molecule has 4 saturated carbocycles. The number of hydrogen-bond donors (Lipinski definition) is 1. The van der Waals surface area contributed by atoms with Crippen molar-refractivity contribution >= 4 is 40.2 Å². The van der Waals surface area contributed by atoms with E-state index in [4.69, 9.17) is 16.3 Å². The molecule has 4 fully saturated rings. The van der Waals surface area contributed by atoms with E-state index in [1.807, 2.05) is 6.92 Å². The molecule has 0 aromatic rings. The van der Waals surface area contributed by atoms with Crippen LogP contribution in [0.5, 0.6) is 0 Å². The lowest BCUT2D eigenvalue weighted by Gasteiger charge is -2.63. The maximum Gasteiger partial charge on any atom is 0.306 e. The molecule has 9 atom stereocenters. The van der Waals surface area contributed by atoms with Crippen LogP contribution in [0.15, 0.2) is 23.8 Å². The zero-order valence-electron chi connectivity index (χ0n) is 23.6. The van der Waals surface area contributed by atoms with E-state index in [1.54, 1.807) is 13.8 Å². The van der Waals surface area contributed by atoms with Crippen LogP contribution in [0.1, 0.15) is 85.0 Å². The molecular formula is C31H41ClF2O5S. The molecule has 0 aromatic heterocycles. The summed E-state index contributed by atoms with van der Waals surface area (Å²) in [7, 11) is 0. The second kappa shape index (κ2) is 10.8. The zero-order valence-corrected chi connectivity index (χ0v) is 25.2. The second-order valence-corrected chi connectivity index (χ2v) is 14.8. The van der Waals surface area contributed by atoms with E-state index < -0.39 is 69.0 Å². The second-order valence-electron chi connectivity index (χ2n) is 13.3. The van der Waals surface area contributed by atoms with Gasteiger partial charge in [-0.3, -0.25) is 14.4 Å². The highest BCUT2D eigenvalue weighted by molar-refractivity contribution is 8.14. The number of alkyl halides is 3. The molecule has 0 saturated heterocycles. The molecule has 0 spiro atoms. The molecule has 40 heavy (non-hydrogen) atoms. The van der Waals surface area contributed by atoms with Gasteiger partial charge in [0.2, 0.25) is 5.12 Å². The highest BCUT2D eigenvalue weighted by atomic mass is 35.5. The normalized spacial score (nSPS) is 44.8. The number of fused-ring (bicyclic) bond motifs is 5. The molecule has 5 aliphatic rings. The fourth-order valence-electron chi connectivity index (χ4n) is 9.40. The van der Waals surface area contributed by atoms with Gasteiger partial charge in [-0.2, -0.15) is 0 Å². The first-order valence-corrected chi connectivity index (χ1v) is 16.3. The number of aliphatic hydroxyl groups is 1. The molecule has 222 valence electrons. The average Bonchev–Trinajstić information content (AvgIpc) is 3.13. The van der Waals surface area contributed by atoms with E-state index in [0.717, 1.165) is 37.4 Å². The van der Waals surface area contributed by atoms with E-state index in [1.165, 1.54) is 24.6 Å². The molecule has 5 aliphatic carbocycles. The Hall–Kier alpha value is -1.25. The third-order valence-electron chi connectivity index (χ3n) is 11.4. The van der Waals surface area contributed by atoms with Crippen LogP contribution in [0.2, 0.25) is 0 Å². The number of halogens is 3. The summed E-state index contributed by atoms with van der Waals surface area (Å²) in [4.78, 5) is 39.4. The molecule has 0 amide bonds. The molecule has 1 N–H and O–H groups in total. The van der Waals surface area contributed by atoms with Crippen molar-refractivity contribution in [3.63, 3.8) is 0 Å². The summed E-state index contributed by atoms with van der Waals surface area (Å²) in [6.45, 7) is 5.18. The minimum absolute atomic E-state index is 0.0374. The van der Waals surface area contributed by atoms with Gasteiger partial charge in [0, 0.05) is 29.1 Å². The minimum Gasteiger partial charge on any atom is -0.449 e. The monoisotopic (exact) mass is 598 g/mol. The van der Waals surface area contributed by atoms with Gasteiger partial charge in [-0.05, 0) is 62.2 Å². The van der Waals surface area contributed by atoms with Gasteiger partial charge in [-0.25, -0.2) is 8.78 Å². The molecule has 0 bridgehead atoms. The van der Waals surface area contributed by atoms with E-state index in [9.17, 15) is 19.5 Å². The van der Waals surface area contributed by atoms with Gasteiger partial charge in [0.15, 0.2) is 17.1 Å². The number of carbonyl (C=O) groups is 3. The average molecular weight is 599 g/mol. The van der Waals surface area contributed by atoms with Gasteiger partial charge < -0.3 is 9.84 Å². The Labute approximate surface area is 244 Å². The van der Waals surface area contributed by atoms with Gasteiger partial charge >= 0.3 is 5.97 Å². The van der Waals surface area contributed by atoms with Crippen LogP contribution in [-0.2, 0) is 19.1 Å². The highest BCUT2D eigenvalue weighted by Gasteiger charge is 2.78. The first kappa shape index (κ1) is 30.2. The lowest BCUT2D eigenvalue weighted by atomic mass is 9.44. The van der Waals surface area contributed by atoms with Crippen molar-refractivity contribution in [1.82, 2.24) is 0 Å². The largest absolute Gasteiger partial charge is 0.449 e. The van der Waals surface area contributed by atoms with Gasteiger partial charge in [0.05, 0.1) is 11.3 Å². The molecule has 0 aromatic carbocycles. The predicted octanol–water partition coefficient (Wildman–Crippen LogP) is 6.65. The summed E-state index contributed by atoms with van der Waals surface area (Å²) in [6.07, 6.45) is 7.25. The molecule has 0 radical (unpaired) electrons. The topological polar surface area (TPSA) is 80.7 Å². The number of ether oxygens (including phenoxy) is 1. The van der Waals surface area contributed by atoms with Crippen molar-refractivity contribution in [3.05, 3.63) is 23.8 Å². The number of rotatable bonds is 6. The van der Waals surface area contributed by atoms with Crippen LogP contribution in [0.4, 0.5) is 8.78 Å². The molecule has 9 heteroatoms. The third kappa shape index (κ3) is 4.28. The number of thioether (sulfide) groups is 1. The summed E-state index contributed by atoms with van der Waals surface area (Å²) in [5.41, 5.74) is -6.46. The van der Waals surface area contributed by atoms with Crippen LogP contribution < -0.4 is 0 Å². The van der Waals surface area contributed by atoms with Crippen LogP contribution >= 0.6 is 23.4 Å². The Bertz CT molecular complexity index is 1120. The summed E-state index contributed by atoms with van der Waals surface area (Å²) in [5, 5.41) is 11.2. The Kier molecular flexibility index (Phi) is 8.15. The summed E-state index contributed by atoms with van der Waals surface area (Å²) < 4.78 is 39.5. The van der Waals surface area contributed by atoms with E-state index in [0.29, 0.717) is 18.8 Å². The van der Waals surface area contributed by atoms with E-state index in [-0.39, 0.29) is 30.0 Å². The maximum atomic E-state index is 17.5. The fraction of sp³-hybridized carbons (Fsp3) is 0.774. The maximum absolute atomic E-state index is 17.5. The van der Waals surface area contributed by atoms with Gasteiger partial charge in [-0.15, -0.1) is 11.6 Å². The van der Waals surface area contributed by atoms with Crippen molar-refractivity contribution in [2.45, 2.75) is 109 Å². The van der Waals surface area contributed by atoms with Crippen LogP contribution in [-0.4, -0.2) is 50.7 Å². The van der Waals surface area contributed by atoms with E-state index in [2.05, 4.69) is 0 Å².